The van der Waals surface area contributed by atoms with Gasteiger partial charge in [-0.15, -0.1) is 5.10 Å². The highest BCUT2D eigenvalue weighted by Crippen LogP contribution is 2.23. The van der Waals surface area contributed by atoms with E-state index in [1.54, 1.807) is 6.21 Å². The third-order valence-electron chi connectivity index (χ3n) is 4.63. The molecule has 160 valence electrons. The van der Waals surface area contributed by atoms with E-state index in [9.17, 15) is 9.59 Å². The first-order valence-corrected chi connectivity index (χ1v) is 10.4. The highest BCUT2D eigenvalue weighted by atomic mass is 32.2. The third-order valence-corrected chi connectivity index (χ3v) is 5.53. The molecule has 3 rings (SSSR count). The highest BCUT2D eigenvalue weighted by Gasteiger charge is 2.25. The van der Waals surface area contributed by atoms with Gasteiger partial charge in [0, 0.05) is 44.4 Å². The number of hydrogen-bond donors (Lipinski definition) is 1. The molecule has 0 bridgehead atoms. The Morgan fingerprint density at radius 2 is 2.03 bits per heavy atom. The number of ether oxygens (including phenoxy) is 2. The molecule has 0 atom stereocenters. The van der Waals surface area contributed by atoms with Crippen LogP contribution in [-0.4, -0.2) is 86.5 Å². The fourth-order valence-corrected chi connectivity index (χ4v) is 3.60. The number of benzene rings is 1. The molecule has 2 saturated heterocycles. The lowest BCUT2D eigenvalue weighted by Crippen LogP contribution is -2.45. The number of amidine groups is 1. The van der Waals surface area contributed by atoms with Gasteiger partial charge in [-0.05, 0) is 30.9 Å². The van der Waals surface area contributed by atoms with Gasteiger partial charge in [0.15, 0.2) is 5.17 Å². The van der Waals surface area contributed by atoms with Crippen LogP contribution >= 0.6 is 11.8 Å². The number of nitrogens with one attached hydrogen (secondary N) is 1. The van der Waals surface area contributed by atoms with E-state index < -0.39 is 11.9 Å². The van der Waals surface area contributed by atoms with Gasteiger partial charge < -0.3 is 14.4 Å². The highest BCUT2D eigenvalue weighted by molar-refractivity contribution is 8.18. The van der Waals surface area contributed by atoms with Gasteiger partial charge in [-0.25, -0.2) is 4.79 Å². The molecular weight excluding hydrogens is 406 g/mol. The number of nitrogens with zero attached hydrogens (tertiary/aromatic N) is 4. The molecule has 1 aromatic carbocycles. The molecule has 0 saturated carbocycles. The van der Waals surface area contributed by atoms with Gasteiger partial charge in [-0.3, -0.25) is 15.0 Å². The molecule has 0 aromatic heterocycles. The van der Waals surface area contributed by atoms with E-state index in [1.165, 1.54) is 7.11 Å². The Morgan fingerprint density at radius 3 is 2.80 bits per heavy atom. The molecule has 1 aromatic rings. The zero-order valence-corrected chi connectivity index (χ0v) is 17.9. The fourth-order valence-electron chi connectivity index (χ4n) is 2.86. The van der Waals surface area contributed by atoms with Crippen molar-refractivity contribution in [2.24, 2.45) is 10.2 Å². The molecule has 0 radical (unpaired) electrons. The topological polar surface area (TPSA) is 95.8 Å². The Morgan fingerprint density at radius 1 is 1.27 bits per heavy atom. The zero-order chi connectivity index (χ0) is 21.3. The number of piperazine rings is 1. The lowest BCUT2D eigenvalue weighted by molar-refractivity contribution is -0.135. The van der Waals surface area contributed by atoms with E-state index in [-0.39, 0.29) is 4.91 Å². The Kier molecular flexibility index (Phi) is 8.00. The minimum Gasteiger partial charge on any atom is -0.492 e. The van der Waals surface area contributed by atoms with E-state index in [2.05, 4.69) is 37.1 Å². The summed E-state index contributed by atoms with van der Waals surface area (Å²) < 4.78 is 10.5. The Bertz CT molecular complexity index is 863. The molecule has 1 amide bonds. The summed E-state index contributed by atoms with van der Waals surface area (Å²) >= 11 is 1.03. The van der Waals surface area contributed by atoms with Gasteiger partial charge in [0.05, 0.1) is 18.2 Å². The number of amides is 1. The van der Waals surface area contributed by atoms with Crippen LogP contribution in [0.5, 0.6) is 5.75 Å². The van der Waals surface area contributed by atoms with Crippen molar-refractivity contribution in [3.05, 3.63) is 40.8 Å². The molecule has 2 aliphatic rings. The van der Waals surface area contributed by atoms with Crippen molar-refractivity contribution < 1.29 is 19.1 Å². The maximum absolute atomic E-state index is 11.8. The Labute approximate surface area is 179 Å². The van der Waals surface area contributed by atoms with Gasteiger partial charge in [-0.2, -0.15) is 5.10 Å². The van der Waals surface area contributed by atoms with Gasteiger partial charge in [-0.1, -0.05) is 12.1 Å². The monoisotopic (exact) mass is 431 g/mol. The molecular formula is C20H25N5O4S. The Hall–Kier alpha value is -2.69. The first-order chi connectivity index (χ1) is 14.5. The van der Waals surface area contributed by atoms with Crippen molar-refractivity contribution >= 4 is 35.0 Å². The summed E-state index contributed by atoms with van der Waals surface area (Å²) in [4.78, 5) is 28.0. The van der Waals surface area contributed by atoms with E-state index in [1.807, 2.05) is 24.3 Å². The molecule has 30 heavy (non-hydrogen) atoms. The average molecular weight is 432 g/mol. The first kappa shape index (κ1) is 22.0. The van der Waals surface area contributed by atoms with Crippen LogP contribution in [0.4, 0.5) is 0 Å². The van der Waals surface area contributed by atoms with Crippen LogP contribution in [0.25, 0.3) is 0 Å². The maximum atomic E-state index is 11.8. The SMILES string of the molecule is COC(=O)/C=C1/S/C(=N\N=Cc2ccccc2OCCN2CCN(C)CC2)NC1=O. The standard InChI is InChI=1S/C20H25N5O4S/c1-24-7-9-25(10-8-24)11-12-29-16-6-4-3-5-15(16)14-21-23-20-22-19(27)17(30-20)13-18(26)28-2/h3-6,13-14H,7-12H2,1-2H3,(H,22,23,27)/b17-13+,21-14?. The molecule has 10 heteroatoms. The second-order valence-electron chi connectivity index (χ2n) is 6.77. The number of esters is 1. The van der Waals surface area contributed by atoms with Crippen LogP contribution in [0, 0.1) is 0 Å². The molecule has 2 aliphatic heterocycles. The normalized spacial score (nSPS) is 20.8. The maximum Gasteiger partial charge on any atom is 0.331 e. The van der Waals surface area contributed by atoms with Crippen LogP contribution in [0.2, 0.25) is 0 Å². The summed E-state index contributed by atoms with van der Waals surface area (Å²) in [5.41, 5.74) is 0.792. The lowest BCUT2D eigenvalue weighted by Gasteiger charge is -2.32. The summed E-state index contributed by atoms with van der Waals surface area (Å²) in [5.74, 6) is -0.281. The summed E-state index contributed by atoms with van der Waals surface area (Å²) in [6.07, 6.45) is 2.70. The minimum absolute atomic E-state index is 0.212. The van der Waals surface area contributed by atoms with Crippen LogP contribution in [0.15, 0.2) is 45.4 Å². The number of hydrogen-bond acceptors (Lipinski definition) is 9. The number of carbonyl (C=O) groups is 2. The number of thioether (sulfide) groups is 1. The smallest absolute Gasteiger partial charge is 0.331 e. The van der Waals surface area contributed by atoms with Crippen molar-refractivity contribution in [3.63, 3.8) is 0 Å². The van der Waals surface area contributed by atoms with Crippen LogP contribution in [0.1, 0.15) is 5.56 Å². The summed E-state index contributed by atoms with van der Waals surface area (Å²) in [6.45, 7) is 5.73. The molecule has 0 spiro atoms. The van der Waals surface area contributed by atoms with Crippen LogP contribution < -0.4 is 10.1 Å². The van der Waals surface area contributed by atoms with Crippen LogP contribution in [0.3, 0.4) is 0 Å². The van der Waals surface area contributed by atoms with E-state index in [0.717, 1.165) is 61.9 Å². The number of rotatable bonds is 7. The Balaban J connectivity index is 1.55. The molecule has 0 aliphatic carbocycles. The van der Waals surface area contributed by atoms with Crippen molar-refractivity contribution in [2.45, 2.75) is 0 Å². The summed E-state index contributed by atoms with van der Waals surface area (Å²) in [5, 5.41) is 10.9. The van der Waals surface area contributed by atoms with E-state index in [4.69, 9.17) is 4.74 Å². The lowest BCUT2D eigenvalue weighted by atomic mass is 10.2. The third kappa shape index (κ3) is 6.41. The second-order valence-corrected chi connectivity index (χ2v) is 7.80. The molecule has 2 heterocycles. The van der Waals surface area contributed by atoms with Gasteiger partial charge in [0.25, 0.3) is 5.91 Å². The van der Waals surface area contributed by atoms with Gasteiger partial charge in [0.2, 0.25) is 0 Å². The van der Waals surface area contributed by atoms with Crippen molar-refractivity contribution in [2.75, 3.05) is 53.5 Å². The molecule has 2 fully saturated rings. The summed E-state index contributed by atoms with van der Waals surface area (Å²) in [7, 11) is 3.39. The molecule has 9 nitrogen and oxygen atoms in total. The van der Waals surface area contributed by atoms with Crippen molar-refractivity contribution in [1.29, 1.82) is 0 Å². The van der Waals surface area contributed by atoms with Crippen LogP contribution in [-0.2, 0) is 14.3 Å². The van der Waals surface area contributed by atoms with Crippen molar-refractivity contribution in [1.82, 2.24) is 15.1 Å². The number of methoxy groups -OCH3 is 1. The van der Waals surface area contributed by atoms with Gasteiger partial charge >= 0.3 is 5.97 Å². The average Bonchev–Trinajstić information content (AvgIpc) is 3.09. The van der Waals surface area contributed by atoms with Gasteiger partial charge in [0.1, 0.15) is 12.4 Å². The van der Waals surface area contributed by atoms with E-state index in [0.29, 0.717) is 11.8 Å². The second kappa shape index (κ2) is 10.9. The minimum atomic E-state index is -0.597. The fraction of sp³-hybridized carbons (Fsp3) is 0.400. The largest absolute Gasteiger partial charge is 0.492 e. The molecule has 0 unspecified atom stereocenters. The predicted octanol–water partition coefficient (Wildman–Crippen LogP) is 0.923. The van der Waals surface area contributed by atoms with Crippen molar-refractivity contribution in [3.8, 4) is 5.75 Å². The first-order valence-electron chi connectivity index (χ1n) is 9.58. The molecule has 1 N–H and O–H groups in total. The number of para-hydroxylation sites is 1. The quantitative estimate of drug-likeness (QED) is 0.297. The zero-order valence-electron chi connectivity index (χ0n) is 17.0. The predicted molar refractivity (Wildman–Crippen MR) is 117 cm³/mol. The van der Waals surface area contributed by atoms with E-state index >= 15 is 0 Å². The number of carbonyl (C=O) groups excluding carboxylic acids is 2. The summed E-state index contributed by atoms with van der Waals surface area (Å²) in [6, 6.07) is 7.58. The number of likely N-dealkylation sites (N-methyl/N-ethyl adjacent to an activating group) is 1.